The quantitative estimate of drug-likeness (QED) is 0.765. The number of para-hydroxylation sites is 1. The Morgan fingerprint density at radius 1 is 1.06 bits per heavy atom. The molecule has 2 heterocycles. The van der Waals surface area contributed by atoms with Gasteiger partial charge in [0.15, 0.2) is 0 Å². The molecule has 0 radical (unpaired) electrons. The minimum atomic E-state index is -3.91. The molecule has 0 bridgehead atoms. The number of hydrogen-bond acceptors (Lipinski definition) is 5. The molecule has 164 valence electrons. The van der Waals surface area contributed by atoms with E-state index >= 15 is 0 Å². The van der Waals surface area contributed by atoms with Gasteiger partial charge in [-0.25, -0.2) is 8.42 Å². The van der Waals surface area contributed by atoms with Crippen LogP contribution in [0, 0.1) is 0 Å². The highest BCUT2D eigenvalue weighted by Crippen LogP contribution is 2.31. The molecule has 0 aliphatic carbocycles. The molecular formula is C22H25N3O5S. The summed E-state index contributed by atoms with van der Waals surface area (Å²) >= 11 is 0. The number of hydrogen-bond donors (Lipinski definition) is 1. The van der Waals surface area contributed by atoms with Crippen LogP contribution >= 0.6 is 0 Å². The highest BCUT2D eigenvalue weighted by Gasteiger charge is 2.27. The lowest BCUT2D eigenvalue weighted by molar-refractivity contribution is -0.118. The first kappa shape index (κ1) is 21.3. The zero-order chi connectivity index (χ0) is 22.0. The molecule has 1 fully saturated rings. The molecule has 0 saturated carbocycles. The fourth-order valence-electron chi connectivity index (χ4n) is 3.89. The Morgan fingerprint density at radius 3 is 2.55 bits per heavy atom. The van der Waals surface area contributed by atoms with Crippen molar-refractivity contribution in [1.82, 2.24) is 4.90 Å². The van der Waals surface area contributed by atoms with E-state index in [0.29, 0.717) is 51.3 Å². The Labute approximate surface area is 181 Å². The molecule has 2 aromatic carbocycles. The third kappa shape index (κ3) is 4.28. The van der Waals surface area contributed by atoms with Crippen molar-refractivity contribution in [2.24, 2.45) is 0 Å². The van der Waals surface area contributed by atoms with Crippen LogP contribution in [-0.4, -0.2) is 58.0 Å². The van der Waals surface area contributed by atoms with Crippen LogP contribution in [0.15, 0.2) is 47.4 Å². The number of morpholine rings is 1. The van der Waals surface area contributed by atoms with E-state index in [2.05, 4.69) is 4.72 Å². The molecule has 2 aromatic rings. The minimum Gasteiger partial charge on any atom is -0.378 e. The van der Waals surface area contributed by atoms with Crippen molar-refractivity contribution < 1.29 is 22.7 Å². The summed E-state index contributed by atoms with van der Waals surface area (Å²) in [4.78, 5) is 28.5. The van der Waals surface area contributed by atoms with Gasteiger partial charge in [-0.2, -0.15) is 0 Å². The second-order valence-corrected chi connectivity index (χ2v) is 9.18. The maximum absolute atomic E-state index is 13.1. The normalized spacial score (nSPS) is 16.2. The Morgan fingerprint density at radius 2 is 1.81 bits per heavy atom. The molecule has 2 aliphatic rings. The summed E-state index contributed by atoms with van der Waals surface area (Å²) in [6.07, 6.45) is 1.01. The number of fused-ring (bicyclic) bond motifs is 1. The molecule has 9 heteroatoms. The molecule has 31 heavy (non-hydrogen) atoms. The second-order valence-electron chi connectivity index (χ2n) is 7.50. The molecule has 4 rings (SSSR count). The number of carbonyl (C=O) groups excluding carboxylic acids is 2. The fraction of sp³-hybridized carbons (Fsp3) is 0.364. The van der Waals surface area contributed by atoms with E-state index in [9.17, 15) is 18.0 Å². The summed E-state index contributed by atoms with van der Waals surface area (Å²) in [6.45, 7) is 4.22. The first-order chi connectivity index (χ1) is 14.9. The highest BCUT2D eigenvalue weighted by molar-refractivity contribution is 7.92. The summed E-state index contributed by atoms with van der Waals surface area (Å²) in [5.74, 6) is -0.215. The lowest BCUT2D eigenvalue weighted by atomic mass is 10.1. The van der Waals surface area contributed by atoms with Crippen molar-refractivity contribution in [3.63, 3.8) is 0 Å². The summed E-state index contributed by atoms with van der Waals surface area (Å²) in [5.41, 5.74) is 2.12. The lowest BCUT2D eigenvalue weighted by Crippen LogP contribution is -2.41. The van der Waals surface area contributed by atoms with Crippen LogP contribution in [0.5, 0.6) is 0 Å². The average Bonchev–Trinajstić information content (AvgIpc) is 3.22. The maximum Gasteiger partial charge on any atom is 0.261 e. The largest absolute Gasteiger partial charge is 0.378 e. The SMILES string of the molecule is CCC(=O)N1CCc2cc(S(=O)(=O)Nc3ccccc3C(=O)N3CCOCC3)ccc21. The molecule has 1 N–H and O–H groups in total. The molecule has 0 aromatic heterocycles. The number of nitrogens with zero attached hydrogens (tertiary/aromatic N) is 2. The van der Waals surface area contributed by atoms with E-state index < -0.39 is 10.0 Å². The summed E-state index contributed by atoms with van der Waals surface area (Å²) < 4.78 is 34.0. The van der Waals surface area contributed by atoms with E-state index in [4.69, 9.17) is 4.74 Å². The molecule has 0 atom stereocenters. The zero-order valence-electron chi connectivity index (χ0n) is 17.3. The van der Waals surface area contributed by atoms with Crippen molar-refractivity contribution in [3.05, 3.63) is 53.6 Å². The van der Waals surface area contributed by atoms with Gasteiger partial charge >= 0.3 is 0 Å². The van der Waals surface area contributed by atoms with Gasteiger partial charge in [0.25, 0.3) is 15.9 Å². The van der Waals surface area contributed by atoms with Crippen LogP contribution in [0.4, 0.5) is 11.4 Å². The molecule has 2 aliphatic heterocycles. The number of sulfonamides is 1. The number of amides is 2. The van der Waals surface area contributed by atoms with Crippen LogP contribution < -0.4 is 9.62 Å². The Kier molecular flexibility index (Phi) is 5.97. The molecule has 1 saturated heterocycles. The van der Waals surface area contributed by atoms with Crippen molar-refractivity contribution in [2.75, 3.05) is 42.5 Å². The van der Waals surface area contributed by atoms with Crippen molar-refractivity contribution in [2.45, 2.75) is 24.7 Å². The van der Waals surface area contributed by atoms with Crippen molar-refractivity contribution in [1.29, 1.82) is 0 Å². The van der Waals surface area contributed by atoms with Gasteiger partial charge in [-0.3, -0.25) is 14.3 Å². The van der Waals surface area contributed by atoms with Gasteiger partial charge in [0.2, 0.25) is 5.91 Å². The van der Waals surface area contributed by atoms with Gasteiger partial charge < -0.3 is 14.5 Å². The second kappa shape index (κ2) is 8.68. The van der Waals surface area contributed by atoms with Gasteiger partial charge in [-0.05, 0) is 42.3 Å². The Bertz CT molecular complexity index is 1110. The van der Waals surface area contributed by atoms with E-state index in [0.717, 1.165) is 11.3 Å². The minimum absolute atomic E-state index is 0.0167. The predicted octanol–water partition coefficient (Wildman–Crippen LogP) is 2.26. The number of anilines is 2. The molecule has 8 nitrogen and oxygen atoms in total. The summed E-state index contributed by atoms with van der Waals surface area (Å²) in [5, 5.41) is 0. The van der Waals surface area contributed by atoms with Crippen LogP contribution in [0.3, 0.4) is 0 Å². The molecule has 2 amide bonds. The number of rotatable bonds is 5. The van der Waals surface area contributed by atoms with Crippen LogP contribution in [0.25, 0.3) is 0 Å². The van der Waals surface area contributed by atoms with Crippen molar-refractivity contribution >= 4 is 33.2 Å². The standard InChI is InChI=1S/C22H25N3O5S/c1-2-21(26)25-10-9-16-15-17(7-8-20(16)25)31(28,29)23-19-6-4-3-5-18(19)22(27)24-11-13-30-14-12-24/h3-8,15,23H,2,9-14H2,1H3. The van der Waals surface area contributed by atoms with E-state index in [1.54, 1.807) is 53.1 Å². The van der Waals surface area contributed by atoms with Gasteiger partial charge in [0.1, 0.15) is 0 Å². The fourth-order valence-corrected chi connectivity index (χ4v) is 5.02. The van der Waals surface area contributed by atoms with Crippen LogP contribution in [-0.2, 0) is 26.0 Å². The van der Waals surface area contributed by atoms with E-state index in [-0.39, 0.29) is 22.4 Å². The molecular weight excluding hydrogens is 418 g/mol. The highest BCUT2D eigenvalue weighted by atomic mass is 32.2. The molecule has 0 spiro atoms. The smallest absolute Gasteiger partial charge is 0.261 e. The topological polar surface area (TPSA) is 96.0 Å². The number of benzene rings is 2. The van der Waals surface area contributed by atoms with E-state index in [1.165, 1.54) is 6.07 Å². The Hall–Kier alpha value is -2.91. The monoisotopic (exact) mass is 443 g/mol. The van der Waals surface area contributed by atoms with Gasteiger partial charge in [0, 0.05) is 31.7 Å². The van der Waals surface area contributed by atoms with Gasteiger partial charge in [-0.15, -0.1) is 0 Å². The van der Waals surface area contributed by atoms with Gasteiger partial charge in [-0.1, -0.05) is 19.1 Å². The molecule has 0 unspecified atom stereocenters. The van der Waals surface area contributed by atoms with Crippen LogP contribution in [0.2, 0.25) is 0 Å². The summed E-state index contributed by atoms with van der Waals surface area (Å²) in [6, 6.07) is 11.4. The van der Waals surface area contributed by atoms with Gasteiger partial charge in [0.05, 0.1) is 29.4 Å². The lowest BCUT2D eigenvalue weighted by Gasteiger charge is -2.27. The number of nitrogens with one attached hydrogen (secondary N) is 1. The predicted molar refractivity (Wildman–Crippen MR) is 117 cm³/mol. The third-order valence-electron chi connectivity index (χ3n) is 5.56. The number of ether oxygens (including phenoxy) is 1. The number of carbonyl (C=O) groups is 2. The maximum atomic E-state index is 13.1. The first-order valence-corrected chi connectivity index (χ1v) is 11.8. The van der Waals surface area contributed by atoms with Crippen molar-refractivity contribution in [3.8, 4) is 0 Å². The third-order valence-corrected chi connectivity index (χ3v) is 6.92. The zero-order valence-corrected chi connectivity index (χ0v) is 18.2. The van der Waals surface area contributed by atoms with Crippen LogP contribution in [0.1, 0.15) is 29.3 Å². The summed E-state index contributed by atoms with van der Waals surface area (Å²) in [7, 11) is -3.91. The first-order valence-electron chi connectivity index (χ1n) is 10.3. The van der Waals surface area contributed by atoms with E-state index in [1.807, 2.05) is 0 Å². The average molecular weight is 444 g/mol. The Balaban J connectivity index is 1.59.